The number of rotatable bonds is 2. The quantitative estimate of drug-likeness (QED) is 0.763. The number of aryl methyl sites for hydroxylation is 2. The van der Waals surface area contributed by atoms with Crippen molar-refractivity contribution in [1.82, 2.24) is 14.9 Å². The zero-order valence-corrected chi connectivity index (χ0v) is 16.5. The first-order valence-corrected chi connectivity index (χ1v) is 9.31. The lowest BCUT2D eigenvalue weighted by molar-refractivity contribution is -0.174. The molecule has 2 aliphatic rings. The van der Waals surface area contributed by atoms with Crippen molar-refractivity contribution in [2.45, 2.75) is 34.1 Å². The summed E-state index contributed by atoms with van der Waals surface area (Å²) >= 11 is 0. The fraction of sp³-hybridized carbons (Fsp3) is 0.524. The summed E-state index contributed by atoms with van der Waals surface area (Å²) in [4.78, 5) is 36.5. The molecule has 2 heterocycles. The van der Waals surface area contributed by atoms with E-state index in [-0.39, 0.29) is 23.2 Å². The average molecular weight is 367 g/mol. The number of amides is 1. The number of carbonyl (C=O) groups is 2. The maximum atomic E-state index is 13.2. The van der Waals surface area contributed by atoms with Gasteiger partial charge in [-0.05, 0) is 49.8 Å². The number of esters is 1. The number of hydrogen-bond acceptors (Lipinski definition) is 5. The van der Waals surface area contributed by atoms with Gasteiger partial charge in [0.1, 0.15) is 0 Å². The predicted molar refractivity (Wildman–Crippen MR) is 101 cm³/mol. The second-order valence-electron chi connectivity index (χ2n) is 8.65. The molecular formula is C21H25N3O3. The highest BCUT2D eigenvalue weighted by Crippen LogP contribution is 2.63. The first-order valence-electron chi connectivity index (χ1n) is 9.31. The number of likely N-dealkylation sites (tertiary alicyclic amines) is 1. The van der Waals surface area contributed by atoms with Crippen molar-refractivity contribution in [2.24, 2.45) is 16.7 Å². The van der Waals surface area contributed by atoms with Gasteiger partial charge >= 0.3 is 5.97 Å². The van der Waals surface area contributed by atoms with E-state index >= 15 is 0 Å². The molecule has 4 rings (SSSR count). The molecule has 1 amide bonds. The van der Waals surface area contributed by atoms with E-state index in [0.717, 1.165) is 23.3 Å². The summed E-state index contributed by atoms with van der Waals surface area (Å²) in [7, 11) is 1.43. The van der Waals surface area contributed by atoms with Crippen molar-refractivity contribution in [3.05, 3.63) is 35.2 Å². The number of fused-ring (bicyclic) bond motifs is 2. The highest BCUT2D eigenvalue weighted by molar-refractivity contribution is 5.98. The van der Waals surface area contributed by atoms with E-state index in [2.05, 4.69) is 23.8 Å². The molecule has 27 heavy (non-hydrogen) atoms. The van der Waals surface area contributed by atoms with Gasteiger partial charge in [-0.15, -0.1) is 0 Å². The van der Waals surface area contributed by atoms with Crippen molar-refractivity contribution in [2.75, 3.05) is 20.2 Å². The molecule has 1 aromatic heterocycles. The molecule has 0 N–H and O–H groups in total. The lowest BCUT2D eigenvalue weighted by Crippen LogP contribution is -2.57. The summed E-state index contributed by atoms with van der Waals surface area (Å²) in [6, 6.07) is 5.43. The Morgan fingerprint density at radius 1 is 1.15 bits per heavy atom. The van der Waals surface area contributed by atoms with Gasteiger partial charge in [0.05, 0.1) is 34.9 Å². The Bertz CT molecular complexity index is 969. The SMILES string of the molecule is COC(=O)[C@@]12CN(C(=O)c3ccc4nc(C)c(C)nc4c3)C[C@@H]1C(C)(C)C2. The summed E-state index contributed by atoms with van der Waals surface area (Å²) in [5.74, 6) is -0.130. The van der Waals surface area contributed by atoms with E-state index in [9.17, 15) is 9.59 Å². The Hall–Kier alpha value is -2.50. The van der Waals surface area contributed by atoms with E-state index in [0.29, 0.717) is 24.2 Å². The summed E-state index contributed by atoms with van der Waals surface area (Å²) in [6.07, 6.45) is 0.753. The fourth-order valence-corrected chi connectivity index (χ4v) is 5.07. The van der Waals surface area contributed by atoms with Crippen LogP contribution in [0, 0.1) is 30.6 Å². The molecule has 6 nitrogen and oxygen atoms in total. The molecule has 2 fully saturated rings. The molecule has 1 aromatic carbocycles. The van der Waals surface area contributed by atoms with Crippen LogP contribution in [0.5, 0.6) is 0 Å². The van der Waals surface area contributed by atoms with Crippen LogP contribution in [-0.2, 0) is 9.53 Å². The Kier molecular flexibility index (Phi) is 3.81. The van der Waals surface area contributed by atoms with Crippen LogP contribution in [0.2, 0.25) is 0 Å². The number of ether oxygens (including phenoxy) is 1. The summed E-state index contributed by atoms with van der Waals surface area (Å²) in [5, 5.41) is 0. The van der Waals surface area contributed by atoms with Crippen molar-refractivity contribution in [3.8, 4) is 0 Å². The zero-order valence-electron chi connectivity index (χ0n) is 16.5. The minimum Gasteiger partial charge on any atom is -0.469 e. The Labute approximate surface area is 158 Å². The van der Waals surface area contributed by atoms with Crippen molar-refractivity contribution >= 4 is 22.9 Å². The number of carbonyl (C=O) groups excluding carboxylic acids is 2. The van der Waals surface area contributed by atoms with Crippen molar-refractivity contribution in [1.29, 1.82) is 0 Å². The first-order chi connectivity index (χ1) is 12.7. The predicted octanol–water partition coefficient (Wildman–Crippen LogP) is 2.91. The van der Waals surface area contributed by atoms with Crippen LogP contribution in [0.15, 0.2) is 18.2 Å². The van der Waals surface area contributed by atoms with E-state index in [1.807, 2.05) is 19.9 Å². The van der Waals surface area contributed by atoms with Gasteiger partial charge in [0.25, 0.3) is 5.91 Å². The van der Waals surface area contributed by atoms with Gasteiger partial charge in [-0.2, -0.15) is 0 Å². The van der Waals surface area contributed by atoms with Gasteiger partial charge in [0, 0.05) is 18.7 Å². The topological polar surface area (TPSA) is 72.4 Å². The van der Waals surface area contributed by atoms with Crippen LogP contribution in [0.3, 0.4) is 0 Å². The minimum absolute atomic E-state index is 0.0344. The molecule has 1 saturated carbocycles. The van der Waals surface area contributed by atoms with Gasteiger partial charge in [-0.1, -0.05) is 13.8 Å². The van der Waals surface area contributed by atoms with Crippen LogP contribution < -0.4 is 0 Å². The van der Waals surface area contributed by atoms with E-state index in [4.69, 9.17) is 4.74 Å². The highest BCUT2D eigenvalue weighted by atomic mass is 16.5. The fourth-order valence-electron chi connectivity index (χ4n) is 5.07. The molecule has 1 aliphatic carbocycles. The largest absolute Gasteiger partial charge is 0.469 e. The van der Waals surface area contributed by atoms with Gasteiger partial charge in [-0.3, -0.25) is 9.59 Å². The first kappa shape index (κ1) is 17.9. The third-order valence-electron chi connectivity index (χ3n) is 6.46. The smallest absolute Gasteiger partial charge is 0.314 e. The van der Waals surface area contributed by atoms with Crippen LogP contribution in [0.4, 0.5) is 0 Å². The molecule has 6 heteroatoms. The maximum Gasteiger partial charge on any atom is 0.314 e. The molecule has 0 spiro atoms. The average Bonchev–Trinajstić information content (AvgIpc) is 2.97. The van der Waals surface area contributed by atoms with Crippen LogP contribution in [-0.4, -0.2) is 46.9 Å². The number of methoxy groups -OCH3 is 1. The number of nitrogens with zero attached hydrogens (tertiary/aromatic N) is 3. The zero-order chi connectivity index (χ0) is 19.6. The van der Waals surface area contributed by atoms with E-state index in [1.54, 1.807) is 17.0 Å². The third kappa shape index (κ3) is 2.53. The molecule has 1 aliphatic heterocycles. The standard InChI is InChI=1S/C21H25N3O3/c1-12-13(2)23-16-8-14(6-7-15(16)22-12)18(25)24-9-17-20(3,4)10-21(17,11-24)19(26)27-5/h6-8,17H,9-11H2,1-5H3/t17-,21+/m1/s1. The van der Waals surface area contributed by atoms with Gasteiger partial charge < -0.3 is 9.64 Å². The summed E-state index contributed by atoms with van der Waals surface area (Å²) in [6.45, 7) is 9.15. The molecule has 1 saturated heterocycles. The normalized spacial score (nSPS) is 25.8. The van der Waals surface area contributed by atoms with Crippen LogP contribution >= 0.6 is 0 Å². The number of hydrogen-bond donors (Lipinski definition) is 0. The minimum atomic E-state index is -0.557. The number of benzene rings is 1. The molecule has 0 radical (unpaired) electrons. The van der Waals surface area contributed by atoms with E-state index in [1.165, 1.54) is 7.11 Å². The lowest BCUT2D eigenvalue weighted by Gasteiger charge is -2.54. The summed E-state index contributed by atoms with van der Waals surface area (Å²) < 4.78 is 5.07. The molecule has 0 bridgehead atoms. The maximum absolute atomic E-state index is 13.2. The van der Waals surface area contributed by atoms with Gasteiger partial charge in [0.15, 0.2) is 0 Å². The highest BCUT2D eigenvalue weighted by Gasteiger charge is 2.68. The lowest BCUT2D eigenvalue weighted by atomic mass is 9.48. The van der Waals surface area contributed by atoms with E-state index < -0.39 is 5.41 Å². The second kappa shape index (κ2) is 5.75. The Balaban J connectivity index is 1.65. The summed E-state index contributed by atoms with van der Waals surface area (Å²) in [5.41, 5.74) is 3.31. The van der Waals surface area contributed by atoms with Crippen molar-refractivity contribution in [3.63, 3.8) is 0 Å². The molecule has 2 aromatic rings. The monoisotopic (exact) mass is 367 g/mol. The third-order valence-corrected chi connectivity index (χ3v) is 6.46. The van der Waals surface area contributed by atoms with Crippen molar-refractivity contribution < 1.29 is 14.3 Å². The van der Waals surface area contributed by atoms with Crippen LogP contribution in [0.25, 0.3) is 11.0 Å². The van der Waals surface area contributed by atoms with Gasteiger partial charge in [0.2, 0.25) is 0 Å². The second-order valence-corrected chi connectivity index (χ2v) is 8.65. The Morgan fingerprint density at radius 3 is 2.44 bits per heavy atom. The Morgan fingerprint density at radius 2 is 1.81 bits per heavy atom. The van der Waals surface area contributed by atoms with Crippen LogP contribution in [0.1, 0.15) is 42.0 Å². The van der Waals surface area contributed by atoms with Gasteiger partial charge in [-0.25, -0.2) is 9.97 Å². The molecule has 0 unspecified atom stereocenters. The molecular weight excluding hydrogens is 342 g/mol. The molecule has 142 valence electrons. The number of aromatic nitrogens is 2. The molecule has 2 atom stereocenters.